The van der Waals surface area contributed by atoms with Crippen LogP contribution in [0.3, 0.4) is 0 Å². The van der Waals surface area contributed by atoms with E-state index in [4.69, 9.17) is 4.74 Å². The highest BCUT2D eigenvalue weighted by molar-refractivity contribution is 5.93. The Morgan fingerprint density at radius 3 is 2.54 bits per heavy atom. The van der Waals surface area contributed by atoms with Crippen molar-refractivity contribution in [2.45, 2.75) is 19.4 Å². The van der Waals surface area contributed by atoms with Gasteiger partial charge in [-0.3, -0.25) is 9.78 Å². The second-order valence-electron chi connectivity index (χ2n) is 5.88. The number of nitrogens with zero attached hydrogens (tertiary/aromatic N) is 2. The van der Waals surface area contributed by atoms with Crippen LogP contribution < -0.4 is 10.1 Å². The summed E-state index contributed by atoms with van der Waals surface area (Å²) in [5, 5.41) is 2.87. The fourth-order valence-corrected chi connectivity index (χ4v) is 2.51. The van der Waals surface area contributed by atoms with Crippen molar-refractivity contribution in [1.29, 1.82) is 0 Å². The molecular weight excluding hydrogens is 326 g/mol. The van der Waals surface area contributed by atoms with Crippen LogP contribution in [0.2, 0.25) is 0 Å². The van der Waals surface area contributed by atoms with Gasteiger partial charge in [0.05, 0.1) is 5.56 Å². The SMILES string of the molecule is CC(Oc1ccc(C(=O)NCCc2ccccn2)cn1)c1ccccc1. The van der Waals surface area contributed by atoms with E-state index in [1.807, 2.05) is 55.5 Å². The minimum atomic E-state index is -0.156. The zero-order chi connectivity index (χ0) is 18.2. The van der Waals surface area contributed by atoms with Crippen molar-refractivity contribution in [3.63, 3.8) is 0 Å². The molecule has 0 radical (unpaired) electrons. The van der Waals surface area contributed by atoms with Crippen molar-refractivity contribution in [2.24, 2.45) is 0 Å². The molecule has 1 atom stereocenters. The molecule has 132 valence electrons. The van der Waals surface area contributed by atoms with Crippen LogP contribution in [0.15, 0.2) is 73.1 Å². The van der Waals surface area contributed by atoms with Gasteiger partial charge in [-0.1, -0.05) is 36.4 Å². The van der Waals surface area contributed by atoms with E-state index < -0.39 is 0 Å². The maximum Gasteiger partial charge on any atom is 0.252 e. The topological polar surface area (TPSA) is 64.1 Å². The molecule has 5 nitrogen and oxygen atoms in total. The van der Waals surface area contributed by atoms with Gasteiger partial charge in [-0.2, -0.15) is 0 Å². The fourth-order valence-electron chi connectivity index (χ4n) is 2.51. The molecule has 2 heterocycles. The van der Waals surface area contributed by atoms with Gasteiger partial charge in [-0.25, -0.2) is 4.98 Å². The molecule has 0 saturated heterocycles. The van der Waals surface area contributed by atoms with Crippen LogP contribution >= 0.6 is 0 Å². The molecule has 26 heavy (non-hydrogen) atoms. The highest BCUT2D eigenvalue weighted by Gasteiger charge is 2.10. The molecule has 0 saturated carbocycles. The van der Waals surface area contributed by atoms with Crippen LogP contribution in [0.1, 0.15) is 34.6 Å². The lowest BCUT2D eigenvalue weighted by Crippen LogP contribution is -2.26. The number of hydrogen-bond donors (Lipinski definition) is 1. The summed E-state index contributed by atoms with van der Waals surface area (Å²) >= 11 is 0. The number of benzene rings is 1. The molecule has 0 aliphatic carbocycles. The predicted octanol–water partition coefficient (Wildman–Crippen LogP) is 3.59. The van der Waals surface area contributed by atoms with Crippen molar-refractivity contribution in [1.82, 2.24) is 15.3 Å². The third-order valence-corrected chi connectivity index (χ3v) is 3.96. The lowest BCUT2D eigenvalue weighted by molar-refractivity contribution is 0.0953. The first-order chi connectivity index (χ1) is 12.7. The summed E-state index contributed by atoms with van der Waals surface area (Å²) in [5.74, 6) is 0.336. The van der Waals surface area contributed by atoms with Gasteiger partial charge in [-0.15, -0.1) is 0 Å². The third kappa shape index (κ3) is 4.89. The van der Waals surface area contributed by atoms with Crippen LogP contribution in [0.25, 0.3) is 0 Å². The van der Waals surface area contributed by atoms with Gasteiger partial charge in [-0.05, 0) is 30.7 Å². The summed E-state index contributed by atoms with van der Waals surface area (Å²) in [6.07, 6.45) is 3.86. The summed E-state index contributed by atoms with van der Waals surface area (Å²) in [4.78, 5) is 20.6. The zero-order valence-electron chi connectivity index (χ0n) is 14.6. The van der Waals surface area contributed by atoms with Gasteiger partial charge in [0.2, 0.25) is 5.88 Å². The van der Waals surface area contributed by atoms with Crippen molar-refractivity contribution in [2.75, 3.05) is 6.54 Å². The van der Waals surface area contributed by atoms with Gasteiger partial charge in [0.25, 0.3) is 5.91 Å². The quantitative estimate of drug-likeness (QED) is 0.709. The first-order valence-corrected chi connectivity index (χ1v) is 8.58. The van der Waals surface area contributed by atoms with Crippen molar-refractivity contribution < 1.29 is 9.53 Å². The molecule has 1 unspecified atom stereocenters. The van der Waals surface area contributed by atoms with E-state index >= 15 is 0 Å². The van der Waals surface area contributed by atoms with Gasteiger partial charge < -0.3 is 10.1 Å². The monoisotopic (exact) mass is 347 g/mol. The van der Waals surface area contributed by atoms with Crippen LogP contribution in [-0.4, -0.2) is 22.4 Å². The normalized spacial score (nSPS) is 11.6. The van der Waals surface area contributed by atoms with E-state index in [9.17, 15) is 4.79 Å². The number of amides is 1. The Bertz CT molecular complexity index is 821. The van der Waals surface area contributed by atoms with Crippen molar-refractivity contribution >= 4 is 5.91 Å². The molecule has 1 amide bonds. The second-order valence-corrected chi connectivity index (χ2v) is 5.88. The Hall–Kier alpha value is -3.21. The number of rotatable bonds is 7. The van der Waals surface area contributed by atoms with Gasteiger partial charge in [0, 0.05) is 37.1 Å². The number of carbonyl (C=O) groups excluding carboxylic acids is 1. The van der Waals surface area contributed by atoms with Gasteiger partial charge in [0.1, 0.15) is 6.10 Å². The summed E-state index contributed by atoms with van der Waals surface area (Å²) in [6, 6.07) is 19.1. The van der Waals surface area contributed by atoms with E-state index in [1.165, 1.54) is 6.20 Å². The predicted molar refractivity (Wildman–Crippen MR) is 100.0 cm³/mol. The lowest BCUT2D eigenvalue weighted by atomic mass is 10.1. The second kappa shape index (κ2) is 8.76. The van der Waals surface area contributed by atoms with E-state index in [1.54, 1.807) is 18.3 Å². The van der Waals surface area contributed by atoms with E-state index in [0.29, 0.717) is 24.4 Å². The standard InChI is InChI=1S/C21H21N3O2/c1-16(17-7-3-2-4-8-17)26-20-11-10-18(15-24-20)21(25)23-14-12-19-9-5-6-13-22-19/h2-11,13,15-16H,12,14H2,1H3,(H,23,25). The number of hydrogen-bond acceptors (Lipinski definition) is 4. The summed E-state index contributed by atoms with van der Waals surface area (Å²) < 4.78 is 5.82. The molecule has 0 aliphatic heterocycles. The number of aromatic nitrogens is 2. The summed E-state index contributed by atoms with van der Waals surface area (Å²) in [5.41, 5.74) is 2.53. The lowest BCUT2D eigenvalue weighted by Gasteiger charge is -2.14. The highest BCUT2D eigenvalue weighted by atomic mass is 16.5. The summed E-state index contributed by atoms with van der Waals surface area (Å²) in [7, 11) is 0. The Morgan fingerprint density at radius 1 is 1.04 bits per heavy atom. The molecule has 3 rings (SSSR count). The van der Waals surface area contributed by atoms with Crippen LogP contribution in [0.5, 0.6) is 5.88 Å². The summed E-state index contributed by atoms with van der Waals surface area (Å²) in [6.45, 7) is 2.49. The average Bonchev–Trinajstić information content (AvgIpc) is 2.70. The molecule has 0 fully saturated rings. The Kier molecular flexibility index (Phi) is 5.93. The Balaban J connectivity index is 1.51. The Morgan fingerprint density at radius 2 is 1.85 bits per heavy atom. The number of carbonyl (C=O) groups is 1. The molecule has 3 aromatic rings. The third-order valence-electron chi connectivity index (χ3n) is 3.96. The molecule has 0 bridgehead atoms. The number of nitrogens with one attached hydrogen (secondary N) is 1. The molecule has 0 aliphatic rings. The fraction of sp³-hybridized carbons (Fsp3) is 0.190. The average molecular weight is 347 g/mol. The van der Waals surface area contributed by atoms with Crippen molar-refractivity contribution in [3.8, 4) is 5.88 Å². The molecular formula is C21H21N3O2. The molecule has 5 heteroatoms. The molecule has 0 spiro atoms. The smallest absolute Gasteiger partial charge is 0.252 e. The van der Waals surface area contributed by atoms with Gasteiger partial charge in [0.15, 0.2) is 0 Å². The largest absolute Gasteiger partial charge is 0.470 e. The minimum absolute atomic E-state index is 0.109. The number of ether oxygens (including phenoxy) is 1. The Labute approximate surface area is 153 Å². The first-order valence-electron chi connectivity index (χ1n) is 8.58. The highest BCUT2D eigenvalue weighted by Crippen LogP contribution is 2.19. The van der Waals surface area contributed by atoms with E-state index in [0.717, 1.165) is 11.3 Å². The van der Waals surface area contributed by atoms with Crippen LogP contribution in [0, 0.1) is 0 Å². The number of pyridine rings is 2. The first kappa shape index (κ1) is 17.6. The van der Waals surface area contributed by atoms with E-state index in [-0.39, 0.29) is 12.0 Å². The minimum Gasteiger partial charge on any atom is -0.470 e. The van der Waals surface area contributed by atoms with Gasteiger partial charge >= 0.3 is 0 Å². The van der Waals surface area contributed by atoms with Crippen molar-refractivity contribution in [3.05, 3.63) is 89.9 Å². The van der Waals surface area contributed by atoms with E-state index in [2.05, 4.69) is 15.3 Å². The van der Waals surface area contributed by atoms with Crippen LogP contribution in [0.4, 0.5) is 0 Å². The maximum absolute atomic E-state index is 12.2. The van der Waals surface area contributed by atoms with Crippen LogP contribution in [-0.2, 0) is 6.42 Å². The zero-order valence-corrected chi connectivity index (χ0v) is 14.6. The molecule has 1 aromatic carbocycles. The maximum atomic E-state index is 12.2. The molecule has 2 aromatic heterocycles. The molecule has 1 N–H and O–H groups in total.